The minimum atomic E-state index is -1.55. The molecule has 0 heterocycles. The number of Topliss-reactive ketones (excluding diaryl/α,β-unsaturated/α-hetero) is 1. The maximum absolute atomic E-state index is 11.5. The molecule has 0 aliphatic rings. The Balaban J connectivity index is 0. The molecule has 0 spiro atoms. The van der Waals surface area contributed by atoms with Gasteiger partial charge in [-0.2, -0.15) is 0 Å². The third-order valence-electron chi connectivity index (χ3n) is 2.41. The van der Waals surface area contributed by atoms with Crippen LogP contribution in [0.25, 0.3) is 0 Å². The Bertz CT molecular complexity index is 403. The molecule has 0 aromatic rings. The van der Waals surface area contributed by atoms with Crippen molar-refractivity contribution in [3.05, 3.63) is 12.0 Å². The quantitative estimate of drug-likeness (QED) is 0.310. The Hall–Kier alpha value is -2.13. The van der Waals surface area contributed by atoms with Gasteiger partial charge < -0.3 is 29.5 Å². The number of ether oxygens (including phenoxy) is 3. The van der Waals surface area contributed by atoms with Crippen LogP contribution in [-0.4, -0.2) is 66.1 Å². The number of ketones is 1. The predicted octanol–water partition coefficient (Wildman–Crippen LogP) is 0.411. The van der Waals surface area contributed by atoms with E-state index in [4.69, 9.17) is 10.2 Å². The maximum atomic E-state index is 11.5. The number of esters is 2. The molecule has 134 valence electrons. The van der Waals surface area contributed by atoms with Crippen LogP contribution in [0.4, 0.5) is 0 Å². The second-order valence-electron chi connectivity index (χ2n) is 3.86. The Labute approximate surface area is 134 Å². The summed E-state index contributed by atoms with van der Waals surface area (Å²) in [7, 11) is 2.27. The van der Waals surface area contributed by atoms with E-state index in [1.807, 2.05) is 13.8 Å². The first-order valence-corrected chi connectivity index (χ1v) is 6.88. The number of hydrogen-bond acceptors (Lipinski definition) is 9. The molecule has 0 saturated carbocycles. The van der Waals surface area contributed by atoms with E-state index in [0.29, 0.717) is 0 Å². The molecule has 23 heavy (non-hydrogen) atoms. The van der Waals surface area contributed by atoms with Gasteiger partial charge in [0.05, 0.1) is 20.0 Å². The molecule has 0 bridgehead atoms. The van der Waals surface area contributed by atoms with Gasteiger partial charge in [-0.3, -0.25) is 14.4 Å². The summed E-state index contributed by atoms with van der Waals surface area (Å²) in [5, 5.41) is 27.2. The number of methoxy groups -OCH3 is 2. The van der Waals surface area contributed by atoms with Gasteiger partial charge in [-0.05, 0) is 0 Å². The smallest absolute Gasteiger partial charge is 0.306 e. The lowest BCUT2D eigenvalue weighted by atomic mass is 10.1. The molecular formula is C14H24O9. The van der Waals surface area contributed by atoms with Gasteiger partial charge in [0.25, 0.3) is 0 Å². The molecule has 9 heteroatoms. The molecule has 3 N–H and O–H groups in total. The minimum Gasteiger partial charge on any atom is -0.512 e. The fraction of sp³-hybridized carbons (Fsp3) is 0.643. The van der Waals surface area contributed by atoms with E-state index < -0.39 is 42.3 Å². The third kappa shape index (κ3) is 9.48. The fourth-order valence-corrected chi connectivity index (χ4v) is 1.29. The van der Waals surface area contributed by atoms with E-state index in [0.717, 1.165) is 7.11 Å². The summed E-state index contributed by atoms with van der Waals surface area (Å²) in [5.41, 5.74) is 0. The molecule has 0 saturated heterocycles. The van der Waals surface area contributed by atoms with Gasteiger partial charge >= 0.3 is 11.9 Å². The maximum Gasteiger partial charge on any atom is 0.306 e. The molecule has 0 aliphatic carbocycles. The largest absolute Gasteiger partial charge is 0.512 e. The fourth-order valence-electron chi connectivity index (χ4n) is 1.29. The van der Waals surface area contributed by atoms with Gasteiger partial charge in [-0.1, -0.05) is 13.8 Å². The summed E-state index contributed by atoms with van der Waals surface area (Å²) in [6.07, 6.45) is -3.32. The van der Waals surface area contributed by atoms with Gasteiger partial charge in [0.15, 0.2) is 11.9 Å². The van der Waals surface area contributed by atoms with Crippen LogP contribution in [0.3, 0.4) is 0 Å². The summed E-state index contributed by atoms with van der Waals surface area (Å²) in [6.45, 7) is 3.42. The second-order valence-corrected chi connectivity index (χ2v) is 3.86. The summed E-state index contributed by atoms with van der Waals surface area (Å²) in [6, 6.07) is 0. The van der Waals surface area contributed by atoms with E-state index in [-0.39, 0.29) is 19.1 Å². The topological polar surface area (TPSA) is 140 Å². The lowest BCUT2D eigenvalue weighted by Gasteiger charge is -2.19. The Morgan fingerprint density at radius 1 is 1.09 bits per heavy atom. The number of hydrogen-bond donors (Lipinski definition) is 3. The van der Waals surface area contributed by atoms with Gasteiger partial charge in [0.1, 0.15) is 19.0 Å². The molecule has 0 aromatic carbocycles. The Morgan fingerprint density at radius 2 is 1.61 bits per heavy atom. The zero-order chi connectivity index (χ0) is 18.4. The van der Waals surface area contributed by atoms with Gasteiger partial charge in [-0.25, -0.2) is 0 Å². The van der Waals surface area contributed by atoms with E-state index >= 15 is 0 Å². The van der Waals surface area contributed by atoms with Crippen molar-refractivity contribution in [3.63, 3.8) is 0 Å². The molecule has 0 fully saturated rings. The molecular weight excluding hydrogens is 312 g/mol. The van der Waals surface area contributed by atoms with Crippen LogP contribution in [0.2, 0.25) is 0 Å². The number of carbonyl (C=O) groups is 3. The average molecular weight is 336 g/mol. The summed E-state index contributed by atoms with van der Waals surface area (Å²) in [4.78, 5) is 33.6. The van der Waals surface area contributed by atoms with Crippen molar-refractivity contribution >= 4 is 17.7 Å². The number of aliphatic hydroxyl groups excluding tert-OH is 3. The number of aliphatic hydroxyl groups is 3. The third-order valence-corrected chi connectivity index (χ3v) is 2.41. The van der Waals surface area contributed by atoms with E-state index in [2.05, 4.69) is 14.2 Å². The van der Waals surface area contributed by atoms with Crippen LogP contribution in [0.15, 0.2) is 12.0 Å². The lowest BCUT2D eigenvalue weighted by molar-refractivity contribution is -0.155. The normalized spacial score (nSPS) is 13.2. The van der Waals surface area contributed by atoms with Crippen molar-refractivity contribution in [3.8, 4) is 0 Å². The van der Waals surface area contributed by atoms with Crippen LogP contribution in [0.5, 0.6) is 0 Å². The highest BCUT2D eigenvalue weighted by Crippen LogP contribution is 2.07. The van der Waals surface area contributed by atoms with Crippen LogP contribution in [0, 0.1) is 0 Å². The highest BCUT2D eigenvalue weighted by Gasteiger charge is 2.30. The molecule has 2 atom stereocenters. The number of carbonyl (C=O) groups excluding carboxylic acids is 3. The molecule has 9 nitrogen and oxygen atoms in total. The molecule has 0 rings (SSSR count). The summed E-state index contributed by atoms with van der Waals surface area (Å²) < 4.78 is 13.7. The SMILES string of the molecule is CC.COC(=O)CCC(=O)OCC(O)C(OC)C(=O)/C(O)=C/O. The van der Waals surface area contributed by atoms with Crippen molar-refractivity contribution in [1.82, 2.24) is 0 Å². The van der Waals surface area contributed by atoms with Gasteiger partial charge in [0, 0.05) is 7.11 Å². The van der Waals surface area contributed by atoms with Crippen LogP contribution >= 0.6 is 0 Å². The average Bonchev–Trinajstić information content (AvgIpc) is 2.58. The Morgan fingerprint density at radius 3 is 2.04 bits per heavy atom. The molecule has 0 amide bonds. The zero-order valence-electron chi connectivity index (χ0n) is 13.6. The van der Waals surface area contributed by atoms with E-state index in [9.17, 15) is 19.5 Å². The van der Waals surface area contributed by atoms with Gasteiger partial charge in [-0.15, -0.1) is 0 Å². The first-order chi connectivity index (χ1) is 10.9. The monoisotopic (exact) mass is 336 g/mol. The molecule has 0 aromatic heterocycles. The van der Waals surface area contributed by atoms with Crippen molar-refractivity contribution in [2.75, 3.05) is 20.8 Å². The van der Waals surface area contributed by atoms with Gasteiger partial charge in [0.2, 0.25) is 5.78 Å². The highest BCUT2D eigenvalue weighted by atomic mass is 16.6. The van der Waals surface area contributed by atoms with Crippen LogP contribution < -0.4 is 0 Å². The highest BCUT2D eigenvalue weighted by molar-refractivity contribution is 5.96. The van der Waals surface area contributed by atoms with E-state index in [1.165, 1.54) is 7.11 Å². The standard InChI is InChI=1S/C12H18O9.C2H6/c1-19-9(16)3-4-10(17)21-6-8(15)12(20-2)11(18)7(14)5-13;1-2/h5,8,12-15H,3-4,6H2,1-2H3;1-2H3/b7-5-;. The summed E-state index contributed by atoms with van der Waals surface area (Å²) >= 11 is 0. The van der Waals surface area contributed by atoms with Crippen molar-refractivity contribution in [1.29, 1.82) is 0 Å². The Kier molecular flexibility index (Phi) is 13.6. The molecule has 2 unspecified atom stereocenters. The lowest BCUT2D eigenvalue weighted by Crippen LogP contribution is -2.40. The van der Waals surface area contributed by atoms with Crippen molar-refractivity contribution in [2.24, 2.45) is 0 Å². The first-order valence-electron chi connectivity index (χ1n) is 6.88. The molecule has 0 aliphatic heterocycles. The first kappa shape index (κ1) is 23.1. The van der Waals surface area contributed by atoms with E-state index in [1.54, 1.807) is 0 Å². The summed E-state index contributed by atoms with van der Waals surface area (Å²) in [5.74, 6) is -3.44. The van der Waals surface area contributed by atoms with Crippen molar-refractivity contribution in [2.45, 2.75) is 38.9 Å². The number of rotatable bonds is 9. The van der Waals surface area contributed by atoms with Crippen LogP contribution in [-0.2, 0) is 28.6 Å². The van der Waals surface area contributed by atoms with Crippen molar-refractivity contribution < 1.29 is 43.9 Å². The minimum absolute atomic E-state index is 0.156. The predicted molar refractivity (Wildman–Crippen MR) is 78.7 cm³/mol. The molecule has 0 radical (unpaired) electrons. The van der Waals surface area contributed by atoms with Crippen LogP contribution in [0.1, 0.15) is 26.7 Å². The second kappa shape index (κ2) is 13.5. The zero-order valence-corrected chi connectivity index (χ0v) is 13.6.